The summed E-state index contributed by atoms with van der Waals surface area (Å²) in [6, 6.07) is 12.3. The van der Waals surface area contributed by atoms with E-state index in [4.69, 9.17) is 5.73 Å². The number of alkyl halides is 3. The molecular weight excluding hydrogens is 381 g/mol. The van der Waals surface area contributed by atoms with Crippen LogP contribution < -0.4 is 10.5 Å². The number of carbonyl (C=O) groups excluding carboxylic acids is 2. The highest BCUT2D eigenvalue weighted by atomic mass is 32.2. The van der Waals surface area contributed by atoms with Crippen LogP contribution in [0, 0.1) is 0 Å². The molecule has 9 heteroatoms. The van der Waals surface area contributed by atoms with E-state index in [9.17, 15) is 22.8 Å². The molecule has 2 N–H and O–H groups in total. The highest BCUT2D eigenvalue weighted by Crippen LogP contribution is 2.28. The zero-order valence-electron chi connectivity index (χ0n) is 14.3. The first-order valence-electron chi connectivity index (χ1n) is 7.76. The predicted molar refractivity (Wildman–Crippen MR) is 95.3 cm³/mol. The van der Waals surface area contributed by atoms with E-state index in [0.717, 1.165) is 11.8 Å². The van der Waals surface area contributed by atoms with Gasteiger partial charge in [-0.1, -0.05) is 30.3 Å². The monoisotopic (exact) mass is 398 g/mol. The molecular formula is C18H17F3N2O3S. The zero-order chi connectivity index (χ0) is 20.0. The van der Waals surface area contributed by atoms with Crippen LogP contribution >= 0.6 is 11.8 Å². The quantitative estimate of drug-likeness (QED) is 0.726. The molecule has 27 heavy (non-hydrogen) atoms. The minimum Gasteiger partial charge on any atom is -0.405 e. The molecule has 0 bridgehead atoms. The van der Waals surface area contributed by atoms with E-state index < -0.39 is 18.2 Å². The van der Waals surface area contributed by atoms with Gasteiger partial charge in [-0.3, -0.25) is 9.59 Å². The summed E-state index contributed by atoms with van der Waals surface area (Å²) in [5, 5.41) is 0. The van der Waals surface area contributed by atoms with E-state index in [2.05, 4.69) is 4.74 Å². The number of hydrogen-bond donors (Lipinski definition) is 1. The van der Waals surface area contributed by atoms with Crippen LogP contribution in [0.1, 0.15) is 15.9 Å². The lowest BCUT2D eigenvalue weighted by molar-refractivity contribution is -0.275. The van der Waals surface area contributed by atoms with E-state index in [1.807, 2.05) is 0 Å². The van der Waals surface area contributed by atoms with Gasteiger partial charge in [-0.2, -0.15) is 0 Å². The summed E-state index contributed by atoms with van der Waals surface area (Å²) >= 11 is 1.12. The van der Waals surface area contributed by atoms with Gasteiger partial charge in [-0.15, -0.1) is 24.9 Å². The summed E-state index contributed by atoms with van der Waals surface area (Å²) in [6.07, 6.45) is -4.82. The number of hydrogen-bond acceptors (Lipinski definition) is 4. The van der Waals surface area contributed by atoms with Gasteiger partial charge in [0.15, 0.2) is 0 Å². The van der Waals surface area contributed by atoms with Crippen molar-refractivity contribution in [2.45, 2.75) is 17.8 Å². The van der Waals surface area contributed by atoms with Crippen molar-refractivity contribution in [2.24, 2.45) is 5.73 Å². The summed E-state index contributed by atoms with van der Waals surface area (Å²) in [6.45, 7) is -0.0834. The smallest absolute Gasteiger partial charge is 0.405 e. The fraction of sp³-hybridized carbons (Fsp3) is 0.222. The Kier molecular flexibility index (Phi) is 6.73. The molecule has 0 aliphatic carbocycles. The lowest BCUT2D eigenvalue weighted by atomic mass is 10.1. The summed E-state index contributed by atoms with van der Waals surface area (Å²) < 4.78 is 41.6. The second-order valence-electron chi connectivity index (χ2n) is 5.57. The largest absolute Gasteiger partial charge is 0.573 e. The van der Waals surface area contributed by atoms with E-state index >= 15 is 0 Å². The third kappa shape index (κ3) is 6.21. The summed E-state index contributed by atoms with van der Waals surface area (Å²) in [5.74, 6) is -1.27. The highest BCUT2D eigenvalue weighted by molar-refractivity contribution is 8.00. The van der Waals surface area contributed by atoms with Crippen molar-refractivity contribution < 1.29 is 27.5 Å². The molecule has 2 amide bonds. The number of halogens is 3. The maximum Gasteiger partial charge on any atom is 0.573 e. The first-order chi connectivity index (χ1) is 12.7. The lowest BCUT2D eigenvalue weighted by Gasteiger charge is -2.21. The standard InChI is InChI=1S/C18H17F3N2O3S/c1-23(10-12-6-2-4-8-14(12)26-18(19,20)21)17(25)13-7-3-5-9-15(13)27-11-16(22)24/h2-9H,10-11H2,1H3,(H2,22,24). The van der Waals surface area contributed by atoms with Crippen LogP contribution in [0.2, 0.25) is 0 Å². The Bertz CT molecular complexity index is 827. The third-order valence-electron chi connectivity index (χ3n) is 3.44. The third-order valence-corrected chi connectivity index (χ3v) is 4.54. The molecule has 0 heterocycles. The van der Waals surface area contributed by atoms with Gasteiger partial charge in [0.05, 0.1) is 11.3 Å². The normalized spacial score (nSPS) is 11.1. The van der Waals surface area contributed by atoms with Crippen LogP contribution in [0.4, 0.5) is 13.2 Å². The summed E-state index contributed by atoms with van der Waals surface area (Å²) in [7, 11) is 1.47. The molecule has 0 aliphatic heterocycles. The zero-order valence-corrected chi connectivity index (χ0v) is 15.1. The van der Waals surface area contributed by atoms with Gasteiger partial charge in [0.1, 0.15) is 5.75 Å². The van der Waals surface area contributed by atoms with Crippen LogP contribution in [-0.4, -0.2) is 35.9 Å². The molecule has 2 aromatic rings. The number of rotatable bonds is 7. The summed E-state index contributed by atoms with van der Waals surface area (Å²) in [4.78, 5) is 25.6. The molecule has 0 unspecified atom stereocenters. The molecule has 0 fully saturated rings. The molecule has 0 aromatic heterocycles. The van der Waals surface area contributed by atoms with E-state index in [1.54, 1.807) is 30.3 Å². The van der Waals surface area contributed by atoms with Crippen molar-refractivity contribution in [3.63, 3.8) is 0 Å². The fourth-order valence-corrected chi connectivity index (χ4v) is 3.09. The van der Waals surface area contributed by atoms with Crippen LogP contribution in [-0.2, 0) is 11.3 Å². The number of nitrogens with zero attached hydrogens (tertiary/aromatic N) is 1. The highest BCUT2D eigenvalue weighted by Gasteiger charge is 2.32. The minimum atomic E-state index is -4.82. The second kappa shape index (κ2) is 8.81. The summed E-state index contributed by atoms with van der Waals surface area (Å²) in [5.41, 5.74) is 5.68. The molecule has 2 rings (SSSR count). The van der Waals surface area contributed by atoms with Gasteiger partial charge in [0, 0.05) is 24.1 Å². The van der Waals surface area contributed by atoms with E-state index in [-0.39, 0.29) is 23.6 Å². The van der Waals surface area contributed by atoms with Crippen molar-refractivity contribution in [3.8, 4) is 5.75 Å². The van der Waals surface area contributed by atoms with E-state index in [0.29, 0.717) is 10.5 Å². The Labute approximate surface area is 158 Å². The number of ether oxygens (including phenoxy) is 1. The van der Waals surface area contributed by atoms with Gasteiger partial charge < -0.3 is 15.4 Å². The molecule has 0 saturated heterocycles. The van der Waals surface area contributed by atoms with E-state index in [1.165, 1.54) is 30.1 Å². The average molecular weight is 398 g/mol. The van der Waals surface area contributed by atoms with Crippen molar-refractivity contribution in [3.05, 3.63) is 59.7 Å². The van der Waals surface area contributed by atoms with Gasteiger partial charge in [0.2, 0.25) is 5.91 Å². The van der Waals surface area contributed by atoms with Gasteiger partial charge in [-0.25, -0.2) is 0 Å². The van der Waals surface area contributed by atoms with Crippen LogP contribution in [0.3, 0.4) is 0 Å². The van der Waals surface area contributed by atoms with Crippen LogP contribution in [0.5, 0.6) is 5.75 Å². The lowest BCUT2D eigenvalue weighted by Crippen LogP contribution is -2.27. The maximum absolute atomic E-state index is 12.7. The Balaban J connectivity index is 2.19. The van der Waals surface area contributed by atoms with Crippen molar-refractivity contribution in [1.82, 2.24) is 4.90 Å². The van der Waals surface area contributed by atoms with Gasteiger partial charge >= 0.3 is 6.36 Å². The van der Waals surface area contributed by atoms with Crippen LogP contribution in [0.25, 0.3) is 0 Å². The number of primary amides is 1. The van der Waals surface area contributed by atoms with Gasteiger partial charge in [0.25, 0.3) is 5.91 Å². The number of nitrogens with two attached hydrogens (primary N) is 1. The number of para-hydroxylation sites is 1. The number of benzene rings is 2. The average Bonchev–Trinajstić information content (AvgIpc) is 2.60. The first kappa shape index (κ1) is 20.6. The predicted octanol–water partition coefficient (Wildman–Crippen LogP) is 3.43. The first-order valence-corrected chi connectivity index (χ1v) is 8.75. The SMILES string of the molecule is CN(Cc1ccccc1OC(F)(F)F)C(=O)c1ccccc1SCC(N)=O. The Morgan fingerprint density at radius 1 is 1.11 bits per heavy atom. The van der Waals surface area contributed by atoms with Gasteiger partial charge in [-0.05, 0) is 18.2 Å². The molecule has 0 saturated carbocycles. The maximum atomic E-state index is 12.7. The molecule has 5 nitrogen and oxygen atoms in total. The fourth-order valence-electron chi connectivity index (χ4n) is 2.31. The molecule has 0 aliphatic rings. The minimum absolute atomic E-state index is 0.0102. The molecule has 2 aromatic carbocycles. The second-order valence-corrected chi connectivity index (χ2v) is 6.59. The number of thioether (sulfide) groups is 1. The van der Waals surface area contributed by atoms with Crippen molar-refractivity contribution >= 4 is 23.6 Å². The van der Waals surface area contributed by atoms with Crippen molar-refractivity contribution in [2.75, 3.05) is 12.8 Å². The molecule has 0 spiro atoms. The molecule has 0 radical (unpaired) electrons. The Morgan fingerprint density at radius 2 is 1.74 bits per heavy atom. The molecule has 0 atom stereocenters. The Morgan fingerprint density at radius 3 is 2.41 bits per heavy atom. The van der Waals surface area contributed by atoms with Crippen molar-refractivity contribution in [1.29, 1.82) is 0 Å². The molecule has 144 valence electrons. The number of carbonyl (C=O) groups is 2. The topological polar surface area (TPSA) is 72.6 Å². The van der Waals surface area contributed by atoms with Crippen LogP contribution in [0.15, 0.2) is 53.4 Å². The Hall–Kier alpha value is -2.68. The number of amides is 2.